The van der Waals surface area contributed by atoms with Gasteiger partial charge in [0.05, 0.1) is 13.2 Å². The van der Waals surface area contributed by atoms with Gasteiger partial charge in [0.15, 0.2) is 11.1 Å². The van der Waals surface area contributed by atoms with Gasteiger partial charge in [0.25, 0.3) is 0 Å². The highest BCUT2D eigenvalue weighted by Crippen LogP contribution is 2.08. The van der Waals surface area contributed by atoms with Gasteiger partial charge in [-0.25, -0.2) is 9.59 Å². The van der Waals surface area contributed by atoms with Crippen molar-refractivity contribution in [1.82, 2.24) is 0 Å². The van der Waals surface area contributed by atoms with E-state index in [9.17, 15) is 9.59 Å². The summed E-state index contributed by atoms with van der Waals surface area (Å²) in [6.45, 7) is 3.80. The fourth-order valence-electron chi connectivity index (χ4n) is 0.941. The molecule has 0 atom stereocenters. The van der Waals surface area contributed by atoms with E-state index in [1.54, 1.807) is 13.8 Å². The zero-order valence-corrected chi connectivity index (χ0v) is 10.4. The van der Waals surface area contributed by atoms with E-state index >= 15 is 0 Å². The van der Waals surface area contributed by atoms with Crippen LogP contribution in [-0.4, -0.2) is 25.2 Å². The first-order chi connectivity index (χ1) is 8.62. The molecule has 0 aliphatic carbocycles. The van der Waals surface area contributed by atoms with Gasteiger partial charge in [-0.05, 0) is 12.8 Å². The van der Waals surface area contributed by atoms with Crippen LogP contribution in [0.1, 0.15) is 26.7 Å². The lowest BCUT2D eigenvalue weighted by atomic mass is 10.1. The van der Waals surface area contributed by atoms with Crippen LogP contribution in [0.15, 0.2) is 11.1 Å². The van der Waals surface area contributed by atoms with Gasteiger partial charge < -0.3 is 9.47 Å². The molecular weight excluding hydrogens is 236 g/mol. The molecule has 0 saturated heterocycles. The van der Waals surface area contributed by atoms with Crippen molar-refractivity contribution < 1.29 is 19.1 Å². The Morgan fingerprint density at radius 1 is 0.889 bits per heavy atom. The van der Waals surface area contributed by atoms with Crippen molar-refractivity contribution in [3.8, 4) is 12.1 Å². The molecule has 18 heavy (non-hydrogen) atoms. The molecule has 0 N–H and O–H groups in total. The van der Waals surface area contributed by atoms with Crippen LogP contribution in [-0.2, 0) is 19.1 Å². The van der Waals surface area contributed by atoms with Crippen molar-refractivity contribution in [3.63, 3.8) is 0 Å². The van der Waals surface area contributed by atoms with Gasteiger partial charge in [0, 0.05) is 0 Å². The molecule has 0 spiro atoms. The zero-order chi connectivity index (χ0) is 14.0. The van der Waals surface area contributed by atoms with E-state index in [0.29, 0.717) is 12.8 Å². The number of rotatable bonds is 6. The topological polar surface area (TPSA) is 100 Å². The summed E-state index contributed by atoms with van der Waals surface area (Å²) in [6, 6.07) is 3.00. The maximum atomic E-state index is 11.5. The Bertz CT molecular complexity index is 386. The molecule has 0 heterocycles. The number of hydrogen-bond acceptors (Lipinski definition) is 6. The van der Waals surface area contributed by atoms with Gasteiger partial charge in [-0.2, -0.15) is 10.5 Å². The molecule has 6 nitrogen and oxygen atoms in total. The molecule has 0 saturated carbocycles. The second-order valence-corrected chi connectivity index (χ2v) is 3.25. The molecule has 6 heteroatoms. The van der Waals surface area contributed by atoms with Crippen LogP contribution >= 0.6 is 0 Å². The minimum Gasteiger partial charge on any atom is -0.462 e. The summed E-state index contributed by atoms with van der Waals surface area (Å²) >= 11 is 0. The second kappa shape index (κ2) is 8.77. The lowest BCUT2D eigenvalue weighted by Gasteiger charge is -2.04. The average molecular weight is 250 g/mol. The summed E-state index contributed by atoms with van der Waals surface area (Å²) in [5.41, 5.74) is -1.24. The van der Waals surface area contributed by atoms with Crippen molar-refractivity contribution in [2.24, 2.45) is 0 Å². The third-order valence-electron chi connectivity index (χ3n) is 1.76. The monoisotopic (exact) mass is 250 g/mol. The highest BCUT2D eigenvalue weighted by Gasteiger charge is 2.23. The third-order valence-corrected chi connectivity index (χ3v) is 1.76. The van der Waals surface area contributed by atoms with E-state index in [1.165, 1.54) is 12.1 Å². The highest BCUT2D eigenvalue weighted by molar-refractivity contribution is 6.05. The van der Waals surface area contributed by atoms with Crippen molar-refractivity contribution in [2.75, 3.05) is 13.2 Å². The molecule has 0 aromatic rings. The highest BCUT2D eigenvalue weighted by atomic mass is 16.5. The minimum atomic E-state index is -0.982. The number of ether oxygens (including phenoxy) is 2. The number of nitriles is 2. The average Bonchev–Trinajstić information content (AvgIpc) is 2.39. The maximum absolute atomic E-state index is 11.5. The molecule has 96 valence electrons. The summed E-state index contributed by atoms with van der Waals surface area (Å²) in [6.07, 6.45) is 1.15. The van der Waals surface area contributed by atoms with Crippen molar-refractivity contribution in [2.45, 2.75) is 26.7 Å². The van der Waals surface area contributed by atoms with Gasteiger partial charge in [0.1, 0.15) is 12.1 Å². The van der Waals surface area contributed by atoms with Gasteiger partial charge in [-0.3, -0.25) is 0 Å². The van der Waals surface area contributed by atoms with Crippen LogP contribution in [0, 0.1) is 22.7 Å². The second-order valence-electron chi connectivity index (χ2n) is 3.25. The molecule has 0 aliphatic rings. The van der Waals surface area contributed by atoms with E-state index in [2.05, 4.69) is 0 Å². The molecule has 0 bridgehead atoms. The van der Waals surface area contributed by atoms with Crippen LogP contribution in [0.5, 0.6) is 0 Å². The molecule has 0 fully saturated rings. The molecular formula is C12H14N2O4. The molecule has 0 amide bonds. The van der Waals surface area contributed by atoms with Crippen molar-refractivity contribution in [3.05, 3.63) is 11.1 Å². The Morgan fingerprint density at radius 3 is 1.44 bits per heavy atom. The van der Waals surface area contributed by atoms with E-state index < -0.39 is 23.1 Å². The SMILES string of the molecule is CCCOC(=O)/C(C#N)=C(\C#N)C(=O)OCCC. The number of carbonyl (C=O) groups excluding carboxylic acids is 2. The zero-order valence-electron chi connectivity index (χ0n) is 10.4. The number of carbonyl (C=O) groups is 2. The quantitative estimate of drug-likeness (QED) is 0.399. The van der Waals surface area contributed by atoms with Crippen LogP contribution in [0.25, 0.3) is 0 Å². The fraction of sp³-hybridized carbons (Fsp3) is 0.500. The Morgan fingerprint density at radius 2 is 1.22 bits per heavy atom. The van der Waals surface area contributed by atoms with Gasteiger partial charge in [-0.1, -0.05) is 13.8 Å². The summed E-state index contributed by atoms with van der Waals surface area (Å²) < 4.78 is 9.41. The molecule has 0 radical (unpaired) electrons. The Balaban J connectivity index is 5.08. The van der Waals surface area contributed by atoms with Crippen molar-refractivity contribution in [1.29, 1.82) is 10.5 Å². The summed E-state index contributed by atoms with van der Waals surface area (Å²) in [5, 5.41) is 17.6. The Kier molecular flexibility index (Phi) is 7.63. The summed E-state index contributed by atoms with van der Waals surface area (Å²) in [5.74, 6) is -1.96. The van der Waals surface area contributed by atoms with Crippen molar-refractivity contribution >= 4 is 11.9 Å². The first kappa shape index (κ1) is 15.7. The van der Waals surface area contributed by atoms with Crippen LogP contribution < -0.4 is 0 Å². The molecule has 0 unspecified atom stereocenters. The molecule has 0 rings (SSSR count). The van der Waals surface area contributed by atoms with Crippen LogP contribution in [0.3, 0.4) is 0 Å². The standard InChI is InChI=1S/C12H14N2O4/c1-3-5-17-11(15)9(7-13)10(8-14)12(16)18-6-4-2/h3-6H2,1-2H3/b10-9+. The fourth-order valence-corrected chi connectivity index (χ4v) is 0.941. The third kappa shape index (κ3) is 4.67. The summed E-state index contributed by atoms with van der Waals surface area (Å²) in [7, 11) is 0. The first-order valence-corrected chi connectivity index (χ1v) is 5.51. The maximum Gasteiger partial charge on any atom is 0.350 e. The predicted molar refractivity (Wildman–Crippen MR) is 60.8 cm³/mol. The van der Waals surface area contributed by atoms with Crippen LogP contribution in [0.2, 0.25) is 0 Å². The lowest BCUT2D eigenvalue weighted by Crippen LogP contribution is -2.15. The predicted octanol–water partition coefficient (Wildman–Crippen LogP) is 1.24. The Hall–Kier alpha value is -2.34. The van der Waals surface area contributed by atoms with E-state index in [0.717, 1.165) is 0 Å². The summed E-state index contributed by atoms with van der Waals surface area (Å²) in [4.78, 5) is 22.9. The number of hydrogen-bond donors (Lipinski definition) is 0. The largest absolute Gasteiger partial charge is 0.462 e. The van der Waals surface area contributed by atoms with Gasteiger partial charge >= 0.3 is 11.9 Å². The first-order valence-electron chi connectivity index (χ1n) is 5.51. The number of esters is 2. The normalized spacial score (nSPS) is 10.7. The van der Waals surface area contributed by atoms with Gasteiger partial charge in [-0.15, -0.1) is 0 Å². The van der Waals surface area contributed by atoms with E-state index in [-0.39, 0.29) is 13.2 Å². The van der Waals surface area contributed by atoms with E-state index in [4.69, 9.17) is 20.0 Å². The molecule has 0 aromatic carbocycles. The van der Waals surface area contributed by atoms with E-state index in [1.807, 2.05) is 0 Å². The Labute approximate surface area is 105 Å². The molecule has 0 aliphatic heterocycles. The lowest BCUT2D eigenvalue weighted by molar-refractivity contribution is -0.141. The van der Waals surface area contributed by atoms with Gasteiger partial charge in [0.2, 0.25) is 0 Å². The molecule has 0 aromatic heterocycles. The minimum absolute atomic E-state index is 0.118. The number of nitrogens with zero attached hydrogens (tertiary/aromatic N) is 2. The van der Waals surface area contributed by atoms with Crippen LogP contribution in [0.4, 0.5) is 0 Å². The smallest absolute Gasteiger partial charge is 0.350 e.